The Morgan fingerprint density at radius 2 is 1.96 bits per heavy atom. The largest absolute Gasteiger partial charge is 0.467 e. The molecular formula is C20H27NO7. The average Bonchev–Trinajstić information content (AvgIpc) is 3.56. The standard InChI is InChI=1S/C20H27NO7/c1-3-4-5-6-7-8-9-10-13(22)21-12(19(24)26-2)11-20(25)17(23)15-14(27-15)16-18(20)28-16/h3-4,9-10,12,14-16,18,25H,5-8,11H2,1-2H3,(H,21,22)/b4-3+,10-9+. The van der Waals surface area contributed by atoms with Gasteiger partial charge in [0.2, 0.25) is 5.91 Å². The van der Waals surface area contributed by atoms with Gasteiger partial charge in [0.25, 0.3) is 0 Å². The third kappa shape index (κ3) is 4.34. The highest BCUT2D eigenvalue weighted by molar-refractivity contribution is 5.97. The Morgan fingerprint density at radius 3 is 2.64 bits per heavy atom. The number of aliphatic hydroxyl groups is 1. The number of amides is 1. The van der Waals surface area contributed by atoms with Crippen LogP contribution >= 0.6 is 0 Å². The van der Waals surface area contributed by atoms with Crippen molar-refractivity contribution in [1.29, 1.82) is 0 Å². The quantitative estimate of drug-likeness (QED) is 0.183. The summed E-state index contributed by atoms with van der Waals surface area (Å²) in [6.45, 7) is 1.98. The summed E-state index contributed by atoms with van der Waals surface area (Å²) in [6, 6.07) is -1.16. The Kier molecular flexibility index (Phi) is 6.32. The van der Waals surface area contributed by atoms with Crippen molar-refractivity contribution in [2.45, 2.75) is 75.1 Å². The zero-order valence-corrected chi connectivity index (χ0v) is 16.1. The maximum atomic E-state index is 12.4. The molecule has 8 nitrogen and oxygen atoms in total. The Hall–Kier alpha value is -2.03. The summed E-state index contributed by atoms with van der Waals surface area (Å²) in [5.74, 6) is -1.72. The Balaban J connectivity index is 1.53. The van der Waals surface area contributed by atoms with E-state index < -0.39 is 41.5 Å². The molecule has 2 saturated heterocycles. The van der Waals surface area contributed by atoms with E-state index in [-0.39, 0.29) is 18.6 Å². The van der Waals surface area contributed by atoms with Crippen LogP contribution in [0.15, 0.2) is 24.3 Å². The van der Waals surface area contributed by atoms with Crippen molar-refractivity contribution in [3.05, 3.63) is 24.3 Å². The highest BCUT2D eigenvalue weighted by Gasteiger charge is 2.75. The molecule has 0 aromatic heterocycles. The smallest absolute Gasteiger partial charge is 0.328 e. The van der Waals surface area contributed by atoms with E-state index in [1.54, 1.807) is 6.08 Å². The summed E-state index contributed by atoms with van der Waals surface area (Å²) in [5, 5.41) is 13.4. The van der Waals surface area contributed by atoms with Crippen LogP contribution in [0, 0.1) is 0 Å². The van der Waals surface area contributed by atoms with Crippen LogP contribution < -0.4 is 5.32 Å². The lowest BCUT2D eigenvalue weighted by Crippen LogP contribution is -2.56. The molecule has 0 aromatic carbocycles. The van der Waals surface area contributed by atoms with E-state index in [4.69, 9.17) is 14.2 Å². The maximum absolute atomic E-state index is 12.4. The molecule has 6 unspecified atom stereocenters. The van der Waals surface area contributed by atoms with Crippen LogP contribution in [0.5, 0.6) is 0 Å². The molecule has 3 rings (SSSR count). The first-order valence-corrected chi connectivity index (χ1v) is 9.66. The van der Waals surface area contributed by atoms with Crippen LogP contribution in [-0.2, 0) is 28.6 Å². The Labute approximate surface area is 163 Å². The summed E-state index contributed by atoms with van der Waals surface area (Å²) < 4.78 is 15.3. The third-order valence-electron chi connectivity index (χ3n) is 5.34. The van der Waals surface area contributed by atoms with E-state index in [9.17, 15) is 19.5 Å². The highest BCUT2D eigenvalue weighted by Crippen LogP contribution is 2.52. The molecule has 154 valence electrons. The predicted octanol–water partition coefficient (Wildman–Crippen LogP) is 0.576. The molecule has 28 heavy (non-hydrogen) atoms. The van der Waals surface area contributed by atoms with Gasteiger partial charge in [-0.25, -0.2) is 4.79 Å². The molecule has 0 radical (unpaired) electrons. The molecule has 2 aliphatic heterocycles. The first-order chi connectivity index (χ1) is 13.4. The Morgan fingerprint density at radius 1 is 1.25 bits per heavy atom. The second-order valence-electron chi connectivity index (χ2n) is 7.38. The second kappa shape index (κ2) is 8.55. The number of hydrogen-bond acceptors (Lipinski definition) is 7. The van der Waals surface area contributed by atoms with Crippen molar-refractivity contribution in [2.24, 2.45) is 0 Å². The number of carbonyl (C=O) groups is 3. The van der Waals surface area contributed by atoms with E-state index in [2.05, 4.69) is 11.4 Å². The monoisotopic (exact) mass is 393 g/mol. The summed E-state index contributed by atoms with van der Waals surface area (Å²) >= 11 is 0. The molecule has 1 amide bonds. The molecule has 6 atom stereocenters. The number of allylic oxidation sites excluding steroid dienone is 3. The number of carbonyl (C=O) groups excluding carboxylic acids is 3. The minimum Gasteiger partial charge on any atom is -0.467 e. The van der Waals surface area contributed by atoms with Crippen molar-refractivity contribution in [2.75, 3.05) is 7.11 Å². The van der Waals surface area contributed by atoms with Gasteiger partial charge in [-0.2, -0.15) is 0 Å². The van der Waals surface area contributed by atoms with Gasteiger partial charge >= 0.3 is 5.97 Å². The molecule has 0 aromatic rings. The number of methoxy groups -OCH3 is 1. The van der Waals surface area contributed by atoms with Gasteiger partial charge in [0.15, 0.2) is 11.4 Å². The van der Waals surface area contributed by atoms with Crippen LogP contribution in [-0.4, -0.2) is 65.9 Å². The van der Waals surface area contributed by atoms with Crippen LogP contribution in [0.25, 0.3) is 0 Å². The summed E-state index contributed by atoms with van der Waals surface area (Å²) in [6.07, 6.45) is 8.59. The van der Waals surface area contributed by atoms with Crippen LogP contribution in [0.2, 0.25) is 0 Å². The van der Waals surface area contributed by atoms with Gasteiger partial charge in [-0.15, -0.1) is 0 Å². The van der Waals surface area contributed by atoms with Gasteiger partial charge in [0.05, 0.1) is 7.11 Å². The number of Topliss-reactive ketones (excluding diaryl/α,β-unsaturated/α-hetero) is 1. The van der Waals surface area contributed by atoms with Crippen molar-refractivity contribution < 1.29 is 33.7 Å². The lowest BCUT2D eigenvalue weighted by Gasteiger charge is -2.29. The number of hydrogen-bond donors (Lipinski definition) is 2. The molecule has 1 saturated carbocycles. The van der Waals surface area contributed by atoms with E-state index in [1.165, 1.54) is 13.2 Å². The molecular weight excluding hydrogens is 366 g/mol. The fourth-order valence-corrected chi connectivity index (χ4v) is 3.69. The van der Waals surface area contributed by atoms with Crippen molar-refractivity contribution >= 4 is 17.7 Å². The number of epoxide rings is 2. The average molecular weight is 393 g/mol. The fourth-order valence-electron chi connectivity index (χ4n) is 3.69. The normalized spacial score (nSPS) is 34.0. The van der Waals surface area contributed by atoms with Crippen molar-refractivity contribution in [1.82, 2.24) is 5.32 Å². The Bertz CT molecular complexity index is 688. The van der Waals surface area contributed by atoms with E-state index in [0.717, 1.165) is 25.7 Å². The molecule has 0 spiro atoms. The molecule has 2 N–H and O–H groups in total. The number of ketones is 1. The van der Waals surface area contributed by atoms with Gasteiger partial charge in [0.1, 0.15) is 30.5 Å². The molecule has 3 fully saturated rings. The topological polar surface area (TPSA) is 118 Å². The number of esters is 1. The van der Waals surface area contributed by atoms with E-state index in [0.29, 0.717) is 0 Å². The minimum atomic E-state index is -1.87. The lowest BCUT2D eigenvalue weighted by atomic mass is 9.79. The lowest BCUT2D eigenvalue weighted by molar-refractivity contribution is -0.151. The molecule has 3 aliphatic rings. The zero-order chi connectivity index (χ0) is 20.3. The van der Waals surface area contributed by atoms with Gasteiger partial charge in [-0.1, -0.05) is 18.2 Å². The van der Waals surface area contributed by atoms with Gasteiger partial charge in [-0.3, -0.25) is 9.59 Å². The zero-order valence-electron chi connectivity index (χ0n) is 16.1. The third-order valence-corrected chi connectivity index (χ3v) is 5.34. The molecule has 2 heterocycles. The minimum absolute atomic E-state index is 0.292. The van der Waals surface area contributed by atoms with Crippen molar-refractivity contribution in [3.63, 3.8) is 0 Å². The number of nitrogens with one attached hydrogen (secondary N) is 1. The van der Waals surface area contributed by atoms with Gasteiger partial charge < -0.3 is 24.6 Å². The summed E-state index contributed by atoms with van der Waals surface area (Å²) in [4.78, 5) is 36.7. The maximum Gasteiger partial charge on any atom is 0.328 e. The van der Waals surface area contributed by atoms with E-state index >= 15 is 0 Å². The molecule has 1 aliphatic carbocycles. The summed E-state index contributed by atoms with van der Waals surface area (Å²) in [5.41, 5.74) is -1.87. The first kappa shape index (κ1) is 20.7. The number of fused-ring (bicyclic) bond motifs is 3. The predicted molar refractivity (Wildman–Crippen MR) is 98.3 cm³/mol. The highest BCUT2D eigenvalue weighted by atomic mass is 16.7. The first-order valence-electron chi connectivity index (χ1n) is 9.66. The van der Waals surface area contributed by atoms with Crippen LogP contribution in [0.4, 0.5) is 0 Å². The van der Waals surface area contributed by atoms with Crippen LogP contribution in [0.1, 0.15) is 39.0 Å². The fraction of sp³-hybridized carbons (Fsp3) is 0.650. The summed E-state index contributed by atoms with van der Waals surface area (Å²) in [7, 11) is 1.19. The van der Waals surface area contributed by atoms with Crippen LogP contribution in [0.3, 0.4) is 0 Å². The second-order valence-corrected chi connectivity index (χ2v) is 7.38. The number of rotatable bonds is 10. The van der Waals surface area contributed by atoms with Gasteiger partial charge in [-0.05, 0) is 38.7 Å². The van der Waals surface area contributed by atoms with Crippen molar-refractivity contribution in [3.8, 4) is 0 Å². The van der Waals surface area contributed by atoms with Gasteiger partial charge in [0, 0.05) is 6.42 Å². The molecule has 8 heteroatoms. The number of ether oxygens (including phenoxy) is 3. The number of unbranched alkanes of at least 4 members (excludes halogenated alkanes) is 3. The molecule has 0 bridgehead atoms. The SMILES string of the molecule is C/C=C/CCCC/C=C/C(=O)NC(CC1(O)C(=O)C2OC2C2OC21)C(=O)OC. The van der Waals surface area contributed by atoms with E-state index in [1.807, 2.05) is 13.0 Å².